The second-order valence-electron chi connectivity index (χ2n) is 8.81. The van der Waals surface area contributed by atoms with Gasteiger partial charge in [-0.2, -0.15) is 0 Å². The number of rotatable bonds is 5. The van der Waals surface area contributed by atoms with E-state index in [1.54, 1.807) is 7.11 Å². The summed E-state index contributed by atoms with van der Waals surface area (Å²) in [6, 6.07) is 18.4. The highest BCUT2D eigenvalue weighted by Crippen LogP contribution is 2.43. The third-order valence-corrected chi connectivity index (χ3v) is 7.26. The Balaban J connectivity index is 1.59. The van der Waals surface area contributed by atoms with Crippen LogP contribution in [-0.4, -0.2) is 41.2 Å². The van der Waals surface area contributed by atoms with Crippen molar-refractivity contribution in [1.29, 1.82) is 0 Å². The van der Waals surface area contributed by atoms with Crippen LogP contribution in [0.2, 0.25) is 0 Å². The average molecular weight is 403 g/mol. The number of fused-ring (bicyclic) bond motifs is 4. The number of pyridine rings is 1. The molecule has 1 aromatic heterocycles. The van der Waals surface area contributed by atoms with Crippen LogP contribution in [0.1, 0.15) is 37.9 Å². The molecule has 3 aliphatic heterocycles. The molecular weight excluding hydrogens is 372 g/mol. The van der Waals surface area contributed by atoms with Gasteiger partial charge in [-0.05, 0) is 61.1 Å². The third-order valence-electron chi connectivity index (χ3n) is 7.26. The summed E-state index contributed by atoms with van der Waals surface area (Å²) in [5, 5.41) is 12.6. The van der Waals surface area contributed by atoms with Crippen molar-refractivity contribution in [3.8, 4) is 17.0 Å². The van der Waals surface area contributed by atoms with Crippen molar-refractivity contribution in [3.05, 3.63) is 60.2 Å². The molecule has 4 heterocycles. The lowest BCUT2D eigenvalue weighted by atomic mass is 9.72. The van der Waals surface area contributed by atoms with Gasteiger partial charge in [-0.15, -0.1) is 0 Å². The molecule has 5 unspecified atom stereocenters. The number of nitrogens with zero attached hydrogens (tertiary/aromatic N) is 2. The van der Waals surface area contributed by atoms with Crippen LogP contribution in [-0.2, 0) is 0 Å². The van der Waals surface area contributed by atoms with Gasteiger partial charge in [-0.25, -0.2) is 4.98 Å². The van der Waals surface area contributed by atoms with Crippen LogP contribution in [0.5, 0.6) is 5.75 Å². The minimum Gasteiger partial charge on any atom is -0.497 e. The highest BCUT2D eigenvalue weighted by atomic mass is 16.5. The van der Waals surface area contributed by atoms with Crippen LogP contribution in [0.4, 0.5) is 0 Å². The lowest BCUT2D eigenvalue weighted by Crippen LogP contribution is -2.55. The van der Waals surface area contributed by atoms with Crippen molar-refractivity contribution in [2.24, 2.45) is 11.8 Å². The first kappa shape index (κ1) is 19.5. The van der Waals surface area contributed by atoms with Crippen molar-refractivity contribution in [3.63, 3.8) is 0 Å². The van der Waals surface area contributed by atoms with E-state index in [1.165, 1.54) is 12.8 Å². The minimum absolute atomic E-state index is 0.173. The first-order chi connectivity index (χ1) is 14.7. The van der Waals surface area contributed by atoms with Gasteiger partial charge in [0.05, 0.1) is 24.4 Å². The monoisotopic (exact) mass is 402 g/mol. The molecule has 30 heavy (non-hydrogen) atoms. The van der Waals surface area contributed by atoms with Gasteiger partial charge in [0.2, 0.25) is 0 Å². The number of aliphatic hydroxyl groups is 1. The summed E-state index contributed by atoms with van der Waals surface area (Å²) < 4.78 is 5.48. The molecule has 4 nitrogen and oxygen atoms in total. The van der Waals surface area contributed by atoms with Gasteiger partial charge in [0.15, 0.2) is 0 Å². The van der Waals surface area contributed by atoms with Crippen molar-refractivity contribution in [2.75, 3.05) is 20.2 Å². The van der Waals surface area contributed by atoms with Crippen molar-refractivity contribution < 1.29 is 9.84 Å². The number of ether oxygens (including phenoxy) is 1. The zero-order valence-electron chi connectivity index (χ0n) is 17.8. The van der Waals surface area contributed by atoms with Crippen molar-refractivity contribution >= 4 is 10.9 Å². The molecule has 0 amide bonds. The lowest BCUT2D eigenvalue weighted by molar-refractivity contribution is -0.0562. The van der Waals surface area contributed by atoms with Gasteiger partial charge in [-0.3, -0.25) is 4.90 Å². The maximum Gasteiger partial charge on any atom is 0.119 e. The predicted molar refractivity (Wildman–Crippen MR) is 121 cm³/mol. The topological polar surface area (TPSA) is 45.6 Å². The standard InChI is InChI=1S/C26H30N2O2/c1-3-17-16-28-12-11-19(17)13-25(28)26(29)22-15-24(18-7-5-4-6-8-18)27-23-10-9-20(30-2)14-21(22)23/h4-10,14-15,17,19,25-26,29H,3,11-13,16H2,1-2H3. The van der Waals surface area contributed by atoms with Crippen LogP contribution in [0, 0.1) is 11.8 Å². The quantitative estimate of drug-likeness (QED) is 0.648. The first-order valence-electron chi connectivity index (χ1n) is 11.1. The molecule has 2 aromatic carbocycles. The van der Waals surface area contributed by atoms with E-state index in [-0.39, 0.29) is 6.04 Å². The van der Waals surface area contributed by atoms with E-state index in [4.69, 9.17) is 9.72 Å². The van der Waals surface area contributed by atoms with Crippen LogP contribution in [0.3, 0.4) is 0 Å². The van der Waals surface area contributed by atoms with Gasteiger partial charge in [0, 0.05) is 23.5 Å². The number of aromatic nitrogens is 1. The van der Waals surface area contributed by atoms with E-state index in [0.717, 1.165) is 64.8 Å². The van der Waals surface area contributed by atoms with E-state index >= 15 is 0 Å². The number of hydrogen-bond donors (Lipinski definition) is 1. The average Bonchev–Trinajstić information content (AvgIpc) is 2.83. The molecule has 156 valence electrons. The minimum atomic E-state index is -0.536. The molecule has 0 saturated carbocycles. The fourth-order valence-corrected chi connectivity index (χ4v) is 5.54. The van der Waals surface area contributed by atoms with Crippen LogP contribution in [0.15, 0.2) is 54.6 Å². The van der Waals surface area contributed by atoms with E-state index < -0.39 is 6.10 Å². The number of aliphatic hydroxyl groups excluding tert-OH is 1. The molecule has 0 spiro atoms. The van der Waals surface area contributed by atoms with Crippen molar-refractivity contribution in [1.82, 2.24) is 9.88 Å². The molecule has 3 fully saturated rings. The van der Waals surface area contributed by atoms with Crippen LogP contribution >= 0.6 is 0 Å². The third kappa shape index (κ3) is 3.38. The van der Waals surface area contributed by atoms with Crippen LogP contribution < -0.4 is 4.74 Å². The summed E-state index contributed by atoms with van der Waals surface area (Å²) in [5.41, 5.74) is 3.84. The van der Waals surface area contributed by atoms with Gasteiger partial charge in [0.25, 0.3) is 0 Å². The molecule has 3 aromatic rings. The Morgan fingerprint density at radius 3 is 2.70 bits per heavy atom. The summed E-state index contributed by atoms with van der Waals surface area (Å²) >= 11 is 0. The normalized spacial score (nSPS) is 26.6. The maximum absolute atomic E-state index is 11.6. The lowest BCUT2D eigenvalue weighted by Gasteiger charge is -2.51. The Bertz CT molecular complexity index is 1040. The molecule has 1 N–H and O–H groups in total. The summed E-state index contributed by atoms with van der Waals surface area (Å²) in [5.74, 6) is 2.30. The van der Waals surface area contributed by atoms with E-state index in [2.05, 4.69) is 30.0 Å². The number of benzene rings is 2. The summed E-state index contributed by atoms with van der Waals surface area (Å²) in [7, 11) is 1.68. The Labute approximate surface area is 178 Å². The fraction of sp³-hybridized carbons (Fsp3) is 0.423. The SMILES string of the molecule is CCC1CN2CCC1CC2C(O)c1cc(-c2ccccc2)nc2ccc(OC)cc12. The highest BCUT2D eigenvalue weighted by Gasteiger charge is 2.42. The largest absolute Gasteiger partial charge is 0.497 e. The Morgan fingerprint density at radius 1 is 1.17 bits per heavy atom. The van der Waals surface area contributed by atoms with E-state index in [9.17, 15) is 5.11 Å². The molecule has 6 rings (SSSR count). The fourth-order valence-electron chi connectivity index (χ4n) is 5.54. The first-order valence-corrected chi connectivity index (χ1v) is 11.1. The maximum atomic E-state index is 11.6. The predicted octanol–water partition coefficient (Wildman–Crippen LogP) is 5.06. The second kappa shape index (κ2) is 8.01. The molecule has 3 aliphatic rings. The molecule has 3 saturated heterocycles. The zero-order chi connectivity index (χ0) is 20.7. The highest BCUT2D eigenvalue weighted by molar-refractivity contribution is 5.87. The van der Waals surface area contributed by atoms with Gasteiger partial charge in [0.1, 0.15) is 5.75 Å². The van der Waals surface area contributed by atoms with Crippen LogP contribution in [0.25, 0.3) is 22.2 Å². The smallest absolute Gasteiger partial charge is 0.119 e. The molecule has 2 bridgehead atoms. The molecule has 0 aliphatic carbocycles. The molecule has 5 atom stereocenters. The molecular formula is C26H30N2O2. The van der Waals surface area contributed by atoms with E-state index in [1.807, 2.05) is 36.4 Å². The number of piperidine rings is 3. The molecule has 0 radical (unpaired) electrons. The zero-order valence-corrected chi connectivity index (χ0v) is 17.8. The van der Waals surface area contributed by atoms with E-state index in [0.29, 0.717) is 0 Å². The summed E-state index contributed by atoms with van der Waals surface area (Å²) in [4.78, 5) is 7.42. The van der Waals surface area contributed by atoms with Gasteiger partial charge >= 0.3 is 0 Å². The Kier molecular flexibility index (Phi) is 5.21. The number of hydrogen-bond acceptors (Lipinski definition) is 4. The second-order valence-corrected chi connectivity index (χ2v) is 8.81. The van der Waals surface area contributed by atoms with Gasteiger partial charge < -0.3 is 9.84 Å². The summed E-state index contributed by atoms with van der Waals surface area (Å²) in [6.45, 7) is 4.51. The molecule has 4 heteroatoms. The van der Waals surface area contributed by atoms with Gasteiger partial charge in [-0.1, -0.05) is 43.7 Å². The summed E-state index contributed by atoms with van der Waals surface area (Å²) in [6.07, 6.45) is 3.04. The van der Waals surface area contributed by atoms with Crippen molar-refractivity contribution in [2.45, 2.75) is 38.3 Å². The number of methoxy groups -OCH3 is 1. The Hall–Kier alpha value is -2.43. The Morgan fingerprint density at radius 2 is 2.00 bits per heavy atom.